The number of carbonyl (C=O) groups is 3. The van der Waals surface area contributed by atoms with Crippen LogP contribution in [0.1, 0.15) is 37.5 Å². The van der Waals surface area contributed by atoms with Gasteiger partial charge in [0.15, 0.2) is 0 Å². The maximum absolute atomic E-state index is 13.2. The fourth-order valence-corrected chi connectivity index (χ4v) is 5.16. The van der Waals surface area contributed by atoms with Crippen LogP contribution >= 0.6 is 0 Å². The zero-order chi connectivity index (χ0) is 25.9. The highest BCUT2D eigenvalue weighted by Gasteiger charge is 2.36. The second kappa shape index (κ2) is 8.33. The third-order valence-corrected chi connectivity index (χ3v) is 6.72. The minimum absolute atomic E-state index is 0.243. The number of amides is 3. The molecule has 0 spiro atoms. The summed E-state index contributed by atoms with van der Waals surface area (Å²) in [7, 11) is 0. The van der Waals surface area contributed by atoms with Crippen LogP contribution in [0.15, 0.2) is 53.5 Å². The smallest absolute Gasteiger partial charge is 0.410 e. The average molecular weight is 499 g/mol. The summed E-state index contributed by atoms with van der Waals surface area (Å²) in [4.78, 5) is 45.0. The number of hydrogen-bond donors (Lipinski definition) is 1. The van der Waals surface area contributed by atoms with Gasteiger partial charge in [0, 0.05) is 60.1 Å². The zero-order valence-electron chi connectivity index (χ0n) is 20.8. The van der Waals surface area contributed by atoms with Crippen LogP contribution in [0.2, 0.25) is 0 Å². The van der Waals surface area contributed by atoms with Crippen molar-refractivity contribution in [2.24, 2.45) is 0 Å². The summed E-state index contributed by atoms with van der Waals surface area (Å²) in [5, 5.41) is 4.08. The van der Waals surface area contributed by atoms with Gasteiger partial charge in [-0.1, -0.05) is 18.2 Å². The van der Waals surface area contributed by atoms with Crippen molar-refractivity contribution in [1.29, 1.82) is 0 Å². The van der Waals surface area contributed by atoms with Gasteiger partial charge in [-0.25, -0.2) is 4.79 Å². The first kappa shape index (κ1) is 23.0. The number of rotatable bonds is 2. The van der Waals surface area contributed by atoms with Crippen molar-refractivity contribution in [3.05, 3.63) is 65.8 Å². The fourth-order valence-electron chi connectivity index (χ4n) is 5.16. The van der Waals surface area contributed by atoms with Crippen LogP contribution in [-0.4, -0.2) is 51.0 Å². The molecule has 1 aromatic carbocycles. The van der Waals surface area contributed by atoms with Crippen LogP contribution in [-0.2, 0) is 27.3 Å². The van der Waals surface area contributed by atoms with Crippen molar-refractivity contribution in [2.75, 3.05) is 13.1 Å². The van der Waals surface area contributed by atoms with Gasteiger partial charge in [-0.3, -0.25) is 19.9 Å². The van der Waals surface area contributed by atoms with E-state index in [-0.39, 0.29) is 11.7 Å². The summed E-state index contributed by atoms with van der Waals surface area (Å²) in [6, 6.07) is 7.70. The van der Waals surface area contributed by atoms with Crippen LogP contribution in [0.5, 0.6) is 0 Å². The van der Waals surface area contributed by atoms with Crippen molar-refractivity contribution in [1.82, 2.24) is 19.8 Å². The largest absolute Gasteiger partial charge is 0.464 e. The lowest BCUT2D eigenvalue weighted by molar-refractivity contribution is -0.122. The fraction of sp³-hybridized carbons (Fsp3) is 0.286. The van der Waals surface area contributed by atoms with Crippen LogP contribution in [0.3, 0.4) is 0 Å². The normalized spacial score (nSPS) is 16.4. The van der Waals surface area contributed by atoms with Crippen LogP contribution in [0.25, 0.3) is 33.0 Å². The van der Waals surface area contributed by atoms with E-state index >= 15 is 0 Å². The first-order chi connectivity index (χ1) is 17.7. The van der Waals surface area contributed by atoms with Crippen molar-refractivity contribution in [3.8, 4) is 0 Å². The van der Waals surface area contributed by atoms with E-state index in [0.717, 1.165) is 21.9 Å². The lowest BCUT2D eigenvalue weighted by atomic mass is 9.95. The van der Waals surface area contributed by atoms with Gasteiger partial charge in [-0.15, -0.1) is 0 Å². The summed E-state index contributed by atoms with van der Waals surface area (Å²) < 4.78 is 13.3. The first-order valence-electron chi connectivity index (χ1n) is 12.2. The molecule has 0 bridgehead atoms. The number of furan rings is 1. The lowest BCUT2D eigenvalue weighted by Gasteiger charge is -2.29. The Labute approximate surface area is 212 Å². The van der Waals surface area contributed by atoms with E-state index in [9.17, 15) is 14.4 Å². The number of nitrogens with one attached hydrogen (secondary N) is 1. The molecule has 0 saturated carbocycles. The monoisotopic (exact) mass is 498 g/mol. The molecule has 188 valence electrons. The predicted molar refractivity (Wildman–Crippen MR) is 137 cm³/mol. The molecule has 37 heavy (non-hydrogen) atoms. The van der Waals surface area contributed by atoms with Crippen LogP contribution < -0.4 is 5.32 Å². The molecule has 0 atom stereocenters. The molecule has 3 aromatic heterocycles. The number of pyridine rings is 1. The third-order valence-electron chi connectivity index (χ3n) is 6.72. The number of nitrogens with zero attached hydrogens (tertiary/aromatic N) is 3. The van der Waals surface area contributed by atoms with Gasteiger partial charge < -0.3 is 18.6 Å². The molecule has 2 aliphatic heterocycles. The summed E-state index contributed by atoms with van der Waals surface area (Å²) in [5.41, 5.74) is 3.63. The molecular weight excluding hydrogens is 472 g/mol. The highest BCUT2D eigenvalue weighted by Crippen LogP contribution is 2.39. The number of carbonyl (C=O) groups excluding carboxylic acids is 3. The van der Waals surface area contributed by atoms with Gasteiger partial charge in [0.25, 0.3) is 11.8 Å². The van der Waals surface area contributed by atoms with Crippen molar-refractivity contribution in [2.45, 2.75) is 39.3 Å². The second-order valence-electron chi connectivity index (χ2n) is 10.3. The minimum atomic E-state index is -0.581. The van der Waals surface area contributed by atoms with E-state index in [2.05, 4.69) is 14.9 Å². The van der Waals surface area contributed by atoms with Gasteiger partial charge in [-0.2, -0.15) is 0 Å². The quantitative estimate of drug-likeness (QED) is 0.416. The van der Waals surface area contributed by atoms with E-state index in [1.165, 1.54) is 6.26 Å². The van der Waals surface area contributed by atoms with Crippen LogP contribution in [0, 0.1) is 0 Å². The van der Waals surface area contributed by atoms with Gasteiger partial charge in [-0.05, 0) is 38.8 Å². The predicted octanol–water partition coefficient (Wildman–Crippen LogP) is 4.14. The van der Waals surface area contributed by atoms with E-state index in [4.69, 9.17) is 9.15 Å². The number of fused-ring (bicyclic) bond motifs is 1. The Bertz CT molecular complexity index is 1640. The number of ether oxygens (including phenoxy) is 1. The Morgan fingerprint density at radius 1 is 1.03 bits per heavy atom. The summed E-state index contributed by atoms with van der Waals surface area (Å²) in [5.74, 6) is -0.943. The number of imide groups is 1. The molecule has 6 rings (SSSR count). The first-order valence-corrected chi connectivity index (χ1v) is 12.2. The van der Waals surface area contributed by atoms with Crippen molar-refractivity contribution in [3.63, 3.8) is 0 Å². The van der Waals surface area contributed by atoms with Gasteiger partial charge in [0.05, 0.1) is 22.9 Å². The van der Waals surface area contributed by atoms with Gasteiger partial charge in [0.1, 0.15) is 11.2 Å². The van der Waals surface area contributed by atoms with Gasteiger partial charge >= 0.3 is 6.09 Å². The topological polar surface area (TPSA) is 107 Å². The molecular formula is C28H26N4O5. The number of para-hydroxylation sites is 1. The highest BCUT2D eigenvalue weighted by molar-refractivity contribution is 6.50. The standard InChI is InChI=1S/C28H26N4O5/c1-28(2,3)37-27(35)31-9-7-16-5-4-6-18-20(15-32(11-10-31)23(16)18)22-21(25(33)30-26(22)34)19-14-29-13-17-8-12-36-24(17)19/h4-6,8,12-15H,7,9-11H2,1-3H3,(H,30,33,34). The van der Waals surface area contributed by atoms with E-state index in [0.29, 0.717) is 48.3 Å². The van der Waals surface area contributed by atoms with E-state index in [1.807, 2.05) is 45.2 Å². The minimum Gasteiger partial charge on any atom is -0.464 e. The highest BCUT2D eigenvalue weighted by atomic mass is 16.6. The number of hydrogen-bond acceptors (Lipinski definition) is 6. The molecule has 0 radical (unpaired) electrons. The third kappa shape index (κ3) is 3.87. The molecule has 0 saturated heterocycles. The van der Waals surface area contributed by atoms with Crippen molar-refractivity contribution < 1.29 is 23.5 Å². The molecule has 4 aromatic rings. The second-order valence-corrected chi connectivity index (χ2v) is 10.3. The molecule has 9 heteroatoms. The lowest BCUT2D eigenvalue weighted by Crippen LogP contribution is -2.40. The Kier molecular flexibility index (Phi) is 5.18. The Morgan fingerprint density at radius 3 is 2.59 bits per heavy atom. The summed E-state index contributed by atoms with van der Waals surface area (Å²) in [6.07, 6.45) is 6.93. The molecule has 2 aliphatic rings. The molecule has 1 N–H and O–H groups in total. The molecule has 3 amide bonds. The molecule has 5 heterocycles. The Morgan fingerprint density at radius 2 is 1.81 bits per heavy atom. The summed E-state index contributed by atoms with van der Waals surface area (Å²) in [6.45, 7) is 7.05. The van der Waals surface area contributed by atoms with E-state index in [1.54, 1.807) is 23.4 Å². The molecule has 0 unspecified atom stereocenters. The Hall–Kier alpha value is -4.40. The molecule has 0 fully saturated rings. The van der Waals surface area contributed by atoms with Crippen LogP contribution in [0.4, 0.5) is 4.79 Å². The SMILES string of the molecule is CC(C)(C)OC(=O)N1CCc2cccc3c(C4=C(c5cncc6ccoc56)C(=O)NC4=O)cn(c23)CC1. The van der Waals surface area contributed by atoms with Crippen molar-refractivity contribution >= 4 is 50.9 Å². The maximum Gasteiger partial charge on any atom is 0.410 e. The Balaban J connectivity index is 1.48. The van der Waals surface area contributed by atoms with E-state index < -0.39 is 17.4 Å². The zero-order valence-corrected chi connectivity index (χ0v) is 20.8. The van der Waals surface area contributed by atoms with Gasteiger partial charge in [0.2, 0.25) is 0 Å². The molecule has 9 nitrogen and oxygen atoms in total. The average Bonchev–Trinajstić information content (AvgIpc) is 3.51. The maximum atomic E-state index is 13.2. The molecule has 0 aliphatic carbocycles. The summed E-state index contributed by atoms with van der Waals surface area (Å²) >= 11 is 0. The number of benzene rings is 1. The number of aromatic nitrogens is 2.